The van der Waals surface area contributed by atoms with Gasteiger partial charge in [0, 0.05) is 65.1 Å². The average molecular weight is 746 g/mol. The van der Waals surface area contributed by atoms with Crippen LogP contribution in [0.3, 0.4) is 0 Å². The van der Waals surface area contributed by atoms with E-state index in [4.69, 9.17) is 0 Å². The molecule has 0 radical (unpaired) electrons. The maximum Gasteiger partial charge on any atom is 0.0626 e. The molecule has 0 amide bonds. The zero-order valence-electron chi connectivity index (χ0n) is 31.7. The third-order valence-corrected chi connectivity index (χ3v) is 13.6. The number of para-hydroxylation sites is 4. The van der Waals surface area contributed by atoms with Gasteiger partial charge >= 0.3 is 0 Å². The molecule has 270 valence electrons. The molecule has 0 unspecified atom stereocenters. The number of benzene rings is 10. The standard InChI is InChI=1S/C56H31N3/c1-2-15-36(16-3-1)57-46-23-9-8-18-38(46)43-30-35(24-25-47(43)57)51-37-17-7-6-14-34(37)29-45-40-20-11-22-42-53-49(59(55(40)42)56(45)51)27-26-48-52(53)41-21-10-19-39-44-28-32-12-4-5-13-33(32)31-50(44)58(48)54(39)41/h1-31H. The normalized spacial score (nSPS) is 12.7. The Hall–Kier alpha value is -7.88. The fraction of sp³-hybridized carbons (Fsp3) is 0. The summed E-state index contributed by atoms with van der Waals surface area (Å²) in [4.78, 5) is 0. The average Bonchev–Trinajstić information content (AvgIpc) is 4.08. The third-order valence-electron chi connectivity index (χ3n) is 13.6. The van der Waals surface area contributed by atoms with Crippen LogP contribution in [-0.2, 0) is 0 Å². The molecule has 59 heavy (non-hydrogen) atoms. The smallest absolute Gasteiger partial charge is 0.0626 e. The quantitative estimate of drug-likeness (QED) is 0.167. The van der Waals surface area contributed by atoms with Gasteiger partial charge < -0.3 is 13.4 Å². The number of aromatic nitrogens is 3. The lowest BCUT2D eigenvalue weighted by Gasteiger charge is -2.13. The summed E-state index contributed by atoms with van der Waals surface area (Å²) < 4.78 is 7.55. The van der Waals surface area contributed by atoms with Crippen LogP contribution in [0.5, 0.6) is 0 Å². The summed E-state index contributed by atoms with van der Waals surface area (Å²) in [5.74, 6) is 0. The molecule has 0 saturated heterocycles. The minimum Gasteiger partial charge on any atom is -0.309 e. The van der Waals surface area contributed by atoms with Crippen LogP contribution < -0.4 is 0 Å². The molecule has 15 aromatic rings. The number of rotatable bonds is 2. The first kappa shape index (κ1) is 30.3. The van der Waals surface area contributed by atoms with Crippen molar-refractivity contribution in [3.8, 4) is 16.8 Å². The van der Waals surface area contributed by atoms with Gasteiger partial charge in [-0.3, -0.25) is 0 Å². The molecule has 0 fully saturated rings. The molecule has 10 aromatic carbocycles. The van der Waals surface area contributed by atoms with Gasteiger partial charge in [0.1, 0.15) is 0 Å². The highest BCUT2D eigenvalue weighted by Crippen LogP contribution is 2.50. The SMILES string of the molecule is c1ccc(-n2c3ccccc3c3cc(-c4c5ccccc5cc5c6cccc7c8c9c%10cccc%11c%12cc%13ccccc%13cc%12n(c9ccc8n(c45)c67)c%11%10)ccc32)cc1. The summed E-state index contributed by atoms with van der Waals surface area (Å²) in [5, 5.41) is 18.1. The molecule has 5 aromatic heterocycles. The molecule has 0 atom stereocenters. The van der Waals surface area contributed by atoms with Crippen LogP contribution in [0.15, 0.2) is 188 Å². The zero-order valence-corrected chi connectivity index (χ0v) is 31.7. The van der Waals surface area contributed by atoms with Crippen molar-refractivity contribution in [3.63, 3.8) is 0 Å². The van der Waals surface area contributed by atoms with E-state index in [1.807, 2.05) is 0 Å². The van der Waals surface area contributed by atoms with Crippen LogP contribution in [0.25, 0.3) is 136 Å². The van der Waals surface area contributed by atoms with E-state index < -0.39 is 0 Å². The van der Waals surface area contributed by atoms with Gasteiger partial charge in [0.2, 0.25) is 0 Å². The van der Waals surface area contributed by atoms with E-state index in [0.29, 0.717) is 0 Å². The largest absolute Gasteiger partial charge is 0.309 e. The maximum atomic E-state index is 2.61. The zero-order chi connectivity index (χ0) is 38.1. The highest BCUT2D eigenvalue weighted by Gasteiger charge is 2.26. The molecule has 3 heteroatoms. The summed E-state index contributed by atoms with van der Waals surface area (Å²) in [5.41, 5.74) is 13.8. The Morgan fingerprint density at radius 1 is 0.271 bits per heavy atom. The second-order valence-corrected chi connectivity index (χ2v) is 16.4. The molecular weight excluding hydrogens is 715 g/mol. The van der Waals surface area contributed by atoms with Crippen molar-refractivity contribution in [1.82, 2.24) is 13.4 Å². The second-order valence-electron chi connectivity index (χ2n) is 16.4. The molecule has 0 N–H and O–H groups in total. The number of hydrogen-bond donors (Lipinski definition) is 0. The van der Waals surface area contributed by atoms with E-state index in [1.165, 1.54) is 136 Å². The lowest BCUT2D eigenvalue weighted by atomic mass is 9.93. The van der Waals surface area contributed by atoms with Gasteiger partial charge in [-0.1, -0.05) is 127 Å². The Kier molecular flexibility index (Phi) is 5.41. The molecule has 0 aliphatic carbocycles. The molecule has 0 aliphatic rings. The van der Waals surface area contributed by atoms with E-state index in [9.17, 15) is 0 Å². The fourth-order valence-electron chi connectivity index (χ4n) is 11.3. The first-order valence-corrected chi connectivity index (χ1v) is 20.5. The van der Waals surface area contributed by atoms with E-state index in [0.717, 1.165) is 0 Å². The molecule has 3 nitrogen and oxygen atoms in total. The minimum atomic E-state index is 1.17. The van der Waals surface area contributed by atoms with Gasteiger partial charge in [-0.05, 0) is 87.8 Å². The van der Waals surface area contributed by atoms with Crippen LogP contribution in [0, 0.1) is 0 Å². The van der Waals surface area contributed by atoms with E-state index in [1.54, 1.807) is 0 Å². The van der Waals surface area contributed by atoms with Crippen molar-refractivity contribution >= 4 is 120 Å². The van der Waals surface area contributed by atoms with Crippen molar-refractivity contribution in [1.29, 1.82) is 0 Å². The van der Waals surface area contributed by atoms with Crippen LogP contribution >= 0.6 is 0 Å². The van der Waals surface area contributed by atoms with Crippen LogP contribution in [0.4, 0.5) is 0 Å². The lowest BCUT2D eigenvalue weighted by molar-refractivity contribution is 1.18. The van der Waals surface area contributed by atoms with Gasteiger partial charge in [-0.25, -0.2) is 0 Å². The van der Waals surface area contributed by atoms with Gasteiger partial charge in [0.05, 0.1) is 44.1 Å². The van der Waals surface area contributed by atoms with Crippen LogP contribution in [-0.4, -0.2) is 13.4 Å². The second kappa shape index (κ2) is 10.5. The monoisotopic (exact) mass is 745 g/mol. The number of nitrogens with zero attached hydrogens (tertiary/aromatic N) is 3. The molecule has 0 bridgehead atoms. The summed E-state index contributed by atoms with van der Waals surface area (Å²) in [6, 6.07) is 70.3. The predicted molar refractivity (Wildman–Crippen MR) is 251 cm³/mol. The highest BCUT2D eigenvalue weighted by atomic mass is 15.0. The van der Waals surface area contributed by atoms with Gasteiger partial charge in [0.15, 0.2) is 0 Å². The Morgan fingerprint density at radius 3 is 1.61 bits per heavy atom. The molecular formula is C56H31N3. The van der Waals surface area contributed by atoms with E-state index in [2.05, 4.69) is 201 Å². The summed E-state index contributed by atoms with van der Waals surface area (Å²) in [7, 11) is 0. The van der Waals surface area contributed by atoms with Gasteiger partial charge in [-0.15, -0.1) is 0 Å². The Labute approximate surface area is 336 Å². The van der Waals surface area contributed by atoms with Gasteiger partial charge in [-0.2, -0.15) is 0 Å². The van der Waals surface area contributed by atoms with E-state index in [-0.39, 0.29) is 0 Å². The third kappa shape index (κ3) is 3.62. The Bertz CT molecular complexity index is 4290. The molecule has 5 heterocycles. The van der Waals surface area contributed by atoms with Crippen LogP contribution in [0.1, 0.15) is 0 Å². The first-order valence-electron chi connectivity index (χ1n) is 20.5. The predicted octanol–water partition coefficient (Wildman–Crippen LogP) is 15.1. The summed E-state index contributed by atoms with van der Waals surface area (Å²) in [6.07, 6.45) is 0. The fourth-order valence-corrected chi connectivity index (χ4v) is 11.3. The minimum absolute atomic E-state index is 1.17. The maximum absolute atomic E-state index is 2.61. The summed E-state index contributed by atoms with van der Waals surface area (Å²) >= 11 is 0. The highest BCUT2D eigenvalue weighted by molar-refractivity contribution is 6.37. The van der Waals surface area contributed by atoms with Crippen LogP contribution in [0.2, 0.25) is 0 Å². The Morgan fingerprint density at radius 2 is 0.814 bits per heavy atom. The number of fused-ring (bicyclic) bond motifs is 18. The van der Waals surface area contributed by atoms with Crippen molar-refractivity contribution < 1.29 is 0 Å². The molecule has 0 spiro atoms. The molecule has 0 saturated carbocycles. The lowest BCUT2D eigenvalue weighted by Crippen LogP contribution is -1.93. The molecule has 15 rings (SSSR count). The van der Waals surface area contributed by atoms with Crippen molar-refractivity contribution in [2.24, 2.45) is 0 Å². The van der Waals surface area contributed by atoms with E-state index >= 15 is 0 Å². The van der Waals surface area contributed by atoms with Crippen molar-refractivity contribution in [2.45, 2.75) is 0 Å². The summed E-state index contributed by atoms with van der Waals surface area (Å²) in [6.45, 7) is 0. The van der Waals surface area contributed by atoms with Gasteiger partial charge in [0.25, 0.3) is 0 Å². The van der Waals surface area contributed by atoms with Crippen molar-refractivity contribution in [3.05, 3.63) is 188 Å². The Balaban J connectivity index is 1.11. The van der Waals surface area contributed by atoms with Crippen molar-refractivity contribution in [2.75, 3.05) is 0 Å². The molecule has 0 aliphatic heterocycles. The first-order chi connectivity index (χ1) is 29.3. The topological polar surface area (TPSA) is 13.8 Å². The number of hydrogen-bond acceptors (Lipinski definition) is 0.